The Labute approximate surface area is 102 Å². The van der Waals surface area contributed by atoms with Crippen LogP contribution >= 0.6 is 0 Å². The maximum atomic E-state index is 12.5. The van der Waals surface area contributed by atoms with Gasteiger partial charge in [0.1, 0.15) is 0 Å². The highest BCUT2D eigenvalue weighted by atomic mass is 16.5. The summed E-state index contributed by atoms with van der Waals surface area (Å²) in [7, 11) is 0. The average Bonchev–Trinajstić information content (AvgIpc) is 2.88. The van der Waals surface area contributed by atoms with Crippen molar-refractivity contribution >= 4 is 5.91 Å². The first-order valence-corrected chi connectivity index (χ1v) is 6.49. The second-order valence-corrected chi connectivity index (χ2v) is 4.89. The number of hydrogen-bond donors (Lipinski definition) is 2. The van der Waals surface area contributed by atoms with Gasteiger partial charge in [-0.05, 0) is 25.8 Å². The van der Waals surface area contributed by atoms with Gasteiger partial charge < -0.3 is 20.1 Å². The van der Waals surface area contributed by atoms with Gasteiger partial charge in [-0.3, -0.25) is 4.79 Å². The third-order valence-corrected chi connectivity index (χ3v) is 3.89. The zero-order valence-corrected chi connectivity index (χ0v) is 10.4. The van der Waals surface area contributed by atoms with Crippen LogP contribution in [0.25, 0.3) is 0 Å². The van der Waals surface area contributed by atoms with Gasteiger partial charge in [-0.2, -0.15) is 0 Å². The molecule has 0 aromatic heterocycles. The van der Waals surface area contributed by atoms with E-state index in [0.717, 1.165) is 25.8 Å². The van der Waals surface area contributed by atoms with E-state index in [1.54, 1.807) is 0 Å². The SMILES string of the molecule is CCC1(C(=O)N2CCOC(CO)C2)CCCN1. The first-order chi connectivity index (χ1) is 8.22. The maximum absolute atomic E-state index is 12.5. The number of amides is 1. The fourth-order valence-corrected chi connectivity index (χ4v) is 2.76. The number of aliphatic hydroxyl groups excluding tert-OH is 1. The molecular formula is C12H22N2O3. The molecular weight excluding hydrogens is 220 g/mol. The van der Waals surface area contributed by atoms with Crippen molar-refractivity contribution in [1.82, 2.24) is 10.2 Å². The molecule has 2 heterocycles. The number of aliphatic hydroxyl groups is 1. The van der Waals surface area contributed by atoms with Crippen LogP contribution in [0.2, 0.25) is 0 Å². The molecule has 5 nitrogen and oxygen atoms in total. The summed E-state index contributed by atoms with van der Waals surface area (Å²) in [4.78, 5) is 14.4. The van der Waals surface area contributed by atoms with Crippen molar-refractivity contribution in [2.75, 3.05) is 32.8 Å². The molecule has 0 saturated carbocycles. The highest BCUT2D eigenvalue weighted by Crippen LogP contribution is 2.26. The van der Waals surface area contributed by atoms with Gasteiger partial charge in [0, 0.05) is 13.1 Å². The largest absolute Gasteiger partial charge is 0.394 e. The number of ether oxygens (including phenoxy) is 1. The van der Waals surface area contributed by atoms with Crippen LogP contribution in [0.5, 0.6) is 0 Å². The van der Waals surface area contributed by atoms with Gasteiger partial charge in [0.15, 0.2) is 0 Å². The van der Waals surface area contributed by atoms with Crippen LogP contribution in [-0.4, -0.2) is 60.4 Å². The van der Waals surface area contributed by atoms with Crippen molar-refractivity contribution < 1.29 is 14.6 Å². The second kappa shape index (κ2) is 5.33. The van der Waals surface area contributed by atoms with Gasteiger partial charge in [-0.15, -0.1) is 0 Å². The Morgan fingerprint density at radius 2 is 2.47 bits per heavy atom. The lowest BCUT2D eigenvalue weighted by molar-refractivity contribution is -0.147. The molecule has 2 atom stereocenters. The Kier molecular flexibility index (Phi) is 4.01. The molecule has 2 unspecified atom stereocenters. The van der Waals surface area contributed by atoms with E-state index in [1.165, 1.54) is 0 Å². The molecule has 17 heavy (non-hydrogen) atoms. The van der Waals surface area contributed by atoms with E-state index in [2.05, 4.69) is 12.2 Å². The van der Waals surface area contributed by atoms with E-state index in [9.17, 15) is 4.79 Å². The molecule has 0 radical (unpaired) electrons. The summed E-state index contributed by atoms with van der Waals surface area (Å²) < 4.78 is 5.37. The first-order valence-electron chi connectivity index (χ1n) is 6.49. The summed E-state index contributed by atoms with van der Waals surface area (Å²) in [5, 5.41) is 12.5. The minimum Gasteiger partial charge on any atom is -0.394 e. The molecule has 2 fully saturated rings. The maximum Gasteiger partial charge on any atom is 0.243 e. The van der Waals surface area contributed by atoms with Gasteiger partial charge in [0.25, 0.3) is 0 Å². The minimum atomic E-state index is -0.364. The Morgan fingerprint density at radius 1 is 1.65 bits per heavy atom. The van der Waals surface area contributed by atoms with Crippen molar-refractivity contribution in [3.05, 3.63) is 0 Å². The third-order valence-electron chi connectivity index (χ3n) is 3.89. The Bertz CT molecular complexity index is 277. The van der Waals surface area contributed by atoms with Crippen LogP contribution in [0.1, 0.15) is 26.2 Å². The molecule has 0 aromatic carbocycles. The van der Waals surface area contributed by atoms with Crippen LogP contribution in [0.15, 0.2) is 0 Å². The summed E-state index contributed by atoms with van der Waals surface area (Å²) in [6.07, 6.45) is 2.59. The Hall–Kier alpha value is -0.650. The zero-order valence-electron chi connectivity index (χ0n) is 10.4. The molecule has 0 aliphatic carbocycles. The van der Waals surface area contributed by atoms with Crippen LogP contribution in [0.3, 0.4) is 0 Å². The van der Waals surface area contributed by atoms with E-state index in [-0.39, 0.29) is 24.2 Å². The summed E-state index contributed by atoms with van der Waals surface area (Å²) in [6, 6.07) is 0. The molecule has 2 N–H and O–H groups in total. The molecule has 2 aliphatic heterocycles. The van der Waals surface area contributed by atoms with E-state index in [4.69, 9.17) is 9.84 Å². The summed E-state index contributed by atoms with van der Waals surface area (Å²) in [6.45, 7) is 4.64. The van der Waals surface area contributed by atoms with Gasteiger partial charge in [0.2, 0.25) is 5.91 Å². The number of hydrogen-bond acceptors (Lipinski definition) is 4. The average molecular weight is 242 g/mol. The third kappa shape index (κ3) is 2.46. The van der Waals surface area contributed by atoms with Gasteiger partial charge >= 0.3 is 0 Å². The lowest BCUT2D eigenvalue weighted by Gasteiger charge is -2.38. The lowest BCUT2D eigenvalue weighted by Crippen LogP contribution is -2.58. The molecule has 5 heteroatoms. The molecule has 2 aliphatic rings. The predicted octanol–water partition coefficient (Wildman–Crippen LogP) is -0.262. The Morgan fingerprint density at radius 3 is 3.06 bits per heavy atom. The van der Waals surface area contributed by atoms with Gasteiger partial charge in [-0.25, -0.2) is 0 Å². The predicted molar refractivity (Wildman–Crippen MR) is 63.7 cm³/mol. The standard InChI is InChI=1S/C12H22N2O3/c1-2-12(4-3-5-13-12)11(16)14-6-7-17-10(8-14)9-15/h10,13,15H,2-9H2,1H3. The van der Waals surface area contributed by atoms with Crippen molar-refractivity contribution in [2.45, 2.75) is 37.8 Å². The molecule has 1 amide bonds. The van der Waals surface area contributed by atoms with E-state index in [0.29, 0.717) is 19.7 Å². The van der Waals surface area contributed by atoms with E-state index in [1.807, 2.05) is 4.90 Å². The van der Waals surface area contributed by atoms with Crippen molar-refractivity contribution in [3.63, 3.8) is 0 Å². The molecule has 98 valence electrons. The van der Waals surface area contributed by atoms with Crippen LogP contribution in [0, 0.1) is 0 Å². The number of carbonyl (C=O) groups is 1. The second-order valence-electron chi connectivity index (χ2n) is 4.89. The molecule has 0 aromatic rings. The fourth-order valence-electron chi connectivity index (χ4n) is 2.76. The van der Waals surface area contributed by atoms with Gasteiger partial charge in [0.05, 0.1) is 24.9 Å². The monoisotopic (exact) mass is 242 g/mol. The summed E-state index contributed by atoms with van der Waals surface area (Å²) in [5.41, 5.74) is -0.364. The highest BCUT2D eigenvalue weighted by Gasteiger charge is 2.42. The minimum absolute atomic E-state index is 0.0175. The van der Waals surface area contributed by atoms with Crippen molar-refractivity contribution in [1.29, 1.82) is 0 Å². The van der Waals surface area contributed by atoms with Crippen LogP contribution in [-0.2, 0) is 9.53 Å². The molecule has 0 bridgehead atoms. The molecule has 2 saturated heterocycles. The van der Waals surface area contributed by atoms with Crippen molar-refractivity contribution in [2.24, 2.45) is 0 Å². The summed E-state index contributed by atoms with van der Waals surface area (Å²) >= 11 is 0. The van der Waals surface area contributed by atoms with Crippen LogP contribution < -0.4 is 5.32 Å². The normalized spacial score (nSPS) is 34.0. The van der Waals surface area contributed by atoms with Crippen molar-refractivity contribution in [3.8, 4) is 0 Å². The lowest BCUT2D eigenvalue weighted by atomic mass is 9.92. The fraction of sp³-hybridized carbons (Fsp3) is 0.917. The quantitative estimate of drug-likeness (QED) is 0.716. The number of nitrogens with one attached hydrogen (secondary N) is 1. The molecule has 0 spiro atoms. The summed E-state index contributed by atoms with van der Waals surface area (Å²) in [5.74, 6) is 0.180. The van der Waals surface area contributed by atoms with E-state index < -0.39 is 0 Å². The smallest absolute Gasteiger partial charge is 0.243 e. The number of morpholine rings is 1. The van der Waals surface area contributed by atoms with Gasteiger partial charge in [-0.1, -0.05) is 6.92 Å². The zero-order chi connectivity index (χ0) is 12.3. The number of rotatable bonds is 3. The topological polar surface area (TPSA) is 61.8 Å². The Balaban J connectivity index is 2.03. The highest BCUT2D eigenvalue weighted by molar-refractivity contribution is 5.86. The number of nitrogens with zero attached hydrogens (tertiary/aromatic N) is 1. The molecule has 2 rings (SSSR count). The van der Waals surface area contributed by atoms with Crippen LogP contribution in [0.4, 0.5) is 0 Å². The first kappa shape index (κ1) is 12.8. The number of carbonyl (C=O) groups excluding carboxylic acids is 1. The van der Waals surface area contributed by atoms with E-state index >= 15 is 0 Å².